The van der Waals surface area contributed by atoms with E-state index in [2.05, 4.69) is 16.0 Å². The van der Waals surface area contributed by atoms with Gasteiger partial charge in [-0.1, -0.05) is 11.6 Å². The van der Waals surface area contributed by atoms with Gasteiger partial charge in [0.25, 0.3) is 5.91 Å². The van der Waals surface area contributed by atoms with Gasteiger partial charge in [0.15, 0.2) is 0 Å². The molecule has 2 rings (SSSR count). The fourth-order valence-corrected chi connectivity index (χ4v) is 2.48. The molecule has 0 radical (unpaired) electrons. The molecule has 7 heteroatoms. The van der Waals surface area contributed by atoms with Gasteiger partial charge in [0.2, 0.25) is 5.91 Å². The molecule has 0 saturated carbocycles. The van der Waals surface area contributed by atoms with E-state index < -0.39 is 0 Å². The van der Waals surface area contributed by atoms with Gasteiger partial charge >= 0.3 is 0 Å². The summed E-state index contributed by atoms with van der Waals surface area (Å²) in [5.41, 5.74) is 0.932. The van der Waals surface area contributed by atoms with Crippen LogP contribution in [0.2, 0.25) is 5.02 Å². The van der Waals surface area contributed by atoms with Crippen LogP contribution in [0.15, 0.2) is 18.2 Å². The van der Waals surface area contributed by atoms with E-state index in [1.165, 1.54) is 7.05 Å². The van der Waals surface area contributed by atoms with E-state index in [4.69, 9.17) is 11.6 Å². The molecule has 3 N–H and O–H groups in total. The highest BCUT2D eigenvalue weighted by molar-refractivity contribution is 6.34. The van der Waals surface area contributed by atoms with Gasteiger partial charge in [-0.3, -0.25) is 9.59 Å². The average molecular weight is 332 g/mol. The maximum atomic E-state index is 11.9. The Morgan fingerprint density at radius 3 is 2.81 bits per heavy atom. The number of halogens is 2. The monoisotopic (exact) mass is 331 g/mol. The Labute approximate surface area is 135 Å². The molecule has 116 valence electrons. The molecule has 1 atom stereocenters. The Morgan fingerprint density at radius 2 is 2.19 bits per heavy atom. The second kappa shape index (κ2) is 8.22. The lowest BCUT2D eigenvalue weighted by Gasteiger charge is -2.11. The molecular formula is C14H19Cl2N3O2. The van der Waals surface area contributed by atoms with Crippen LogP contribution >= 0.6 is 24.0 Å². The van der Waals surface area contributed by atoms with Gasteiger partial charge in [-0.15, -0.1) is 12.4 Å². The number of amides is 2. The smallest absolute Gasteiger partial charge is 0.252 e. The largest absolute Gasteiger partial charge is 0.355 e. The van der Waals surface area contributed by atoms with E-state index >= 15 is 0 Å². The third kappa shape index (κ3) is 4.88. The van der Waals surface area contributed by atoms with Gasteiger partial charge < -0.3 is 16.0 Å². The van der Waals surface area contributed by atoms with E-state index in [0.29, 0.717) is 22.7 Å². The Balaban J connectivity index is 0.00000220. The molecule has 2 amide bonds. The third-order valence-corrected chi connectivity index (χ3v) is 3.65. The number of carbonyl (C=O) groups excluding carboxylic acids is 2. The third-order valence-electron chi connectivity index (χ3n) is 3.32. The first kappa shape index (κ1) is 17.8. The first-order chi connectivity index (χ1) is 9.60. The van der Waals surface area contributed by atoms with Gasteiger partial charge in [-0.2, -0.15) is 0 Å². The van der Waals surface area contributed by atoms with Crippen molar-refractivity contribution in [3.63, 3.8) is 0 Å². The van der Waals surface area contributed by atoms with Crippen molar-refractivity contribution >= 4 is 41.5 Å². The van der Waals surface area contributed by atoms with Crippen LogP contribution in [0.4, 0.5) is 5.69 Å². The highest BCUT2D eigenvalue weighted by Crippen LogP contribution is 2.21. The zero-order valence-corrected chi connectivity index (χ0v) is 13.3. The SMILES string of the molecule is CNC(=O)c1cc(NC(=O)CC2CCCN2)ccc1Cl.Cl. The van der Waals surface area contributed by atoms with E-state index in [1.807, 2.05) is 0 Å². The van der Waals surface area contributed by atoms with Gasteiger partial charge in [0, 0.05) is 25.2 Å². The average Bonchev–Trinajstić information content (AvgIpc) is 2.92. The summed E-state index contributed by atoms with van der Waals surface area (Å²) in [7, 11) is 1.54. The van der Waals surface area contributed by atoms with Crippen molar-refractivity contribution in [2.75, 3.05) is 18.9 Å². The molecule has 5 nitrogen and oxygen atoms in total. The highest BCUT2D eigenvalue weighted by atomic mass is 35.5. The molecule has 1 heterocycles. The van der Waals surface area contributed by atoms with Crippen LogP contribution in [0.25, 0.3) is 0 Å². The van der Waals surface area contributed by atoms with Crippen molar-refractivity contribution in [1.82, 2.24) is 10.6 Å². The molecule has 1 unspecified atom stereocenters. The molecule has 1 aliphatic heterocycles. The van der Waals surface area contributed by atoms with Crippen LogP contribution < -0.4 is 16.0 Å². The molecule has 1 fully saturated rings. The molecular weight excluding hydrogens is 313 g/mol. The minimum absolute atomic E-state index is 0. The number of benzene rings is 1. The van der Waals surface area contributed by atoms with Gasteiger partial charge in [0.05, 0.1) is 10.6 Å². The first-order valence-corrected chi connectivity index (χ1v) is 7.03. The van der Waals surface area contributed by atoms with Crippen LogP contribution in [0.5, 0.6) is 0 Å². The number of anilines is 1. The first-order valence-electron chi connectivity index (χ1n) is 6.65. The summed E-state index contributed by atoms with van der Waals surface area (Å²) in [4.78, 5) is 23.6. The lowest BCUT2D eigenvalue weighted by atomic mass is 10.1. The summed E-state index contributed by atoms with van der Waals surface area (Å²) in [6.45, 7) is 0.972. The van der Waals surface area contributed by atoms with Crippen LogP contribution in [0.3, 0.4) is 0 Å². The van der Waals surface area contributed by atoms with Crippen molar-refractivity contribution < 1.29 is 9.59 Å². The van der Waals surface area contributed by atoms with E-state index in [0.717, 1.165) is 19.4 Å². The fourth-order valence-electron chi connectivity index (χ4n) is 2.28. The summed E-state index contributed by atoms with van der Waals surface area (Å²) in [6, 6.07) is 5.13. The minimum atomic E-state index is -0.274. The zero-order chi connectivity index (χ0) is 14.5. The number of nitrogens with one attached hydrogen (secondary N) is 3. The maximum Gasteiger partial charge on any atom is 0.252 e. The van der Waals surface area contributed by atoms with Gasteiger partial charge in [0.1, 0.15) is 0 Å². The van der Waals surface area contributed by atoms with Crippen molar-refractivity contribution in [1.29, 1.82) is 0 Å². The second-order valence-corrected chi connectivity index (χ2v) is 5.23. The molecule has 0 spiro atoms. The van der Waals surface area contributed by atoms with Gasteiger partial charge in [-0.05, 0) is 37.6 Å². The summed E-state index contributed by atoms with van der Waals surface area (Å²) in [5.74, 6) is -0.335. The number of carbonyl (C=O) groups is 2. The normalized spacial score (nSPS) is 17.0. The summed E-state index contributed by atoms with van der Waals surface area (Å²) in [5, 5.41) is 8.95. The second-order valence-electron chi connectivity index (χ2n) is 4.82. The summed E-state index contributed by atoms with van der Waals surface area (Å²) < 4.78 is 0. The fraction of sp³-hybridized carbons (Fsp3) is 0.429. The van der Waals surface area contributed by atoms with Crippen molar-refractivity contribution in [3.8, 4) is 0 Å². The van der Waals surface area contributed by atoms with E-state index in [9.17, 15) is 9.59 Å². The zero-order valence-electron chi connectivity index (χ0n) is 11.7. The number of hydrogen-bond acceptors (Lipinski definition) is 3. The van der Waals surface area contributed by atoms with Crippen molar-refractivity contribution in [2.45, 2.75) is 25.3 Å². The standard InChI is InChI=1S/C14H18ClN3O2.ClH/c1-16-14(20)11-7-10(4-5-12(11)15)18-13(19)8-9-3-2-6-17-9;/h4-5,7,9,17H,2-3,6,8H2,1H3,(H,16,20)(H,18,19);1H. The van der Waals surface area contributed by atoms with Crippen LogP contribution in [-0.4, -0.2) is 31.4 Å². The topological polar surface area (TPSA) is 70.2 Å². The van der Waals surface area contributed by atoms with Crippen molar-refractivity contribution in [2.24, 2.45) is 0 Å². The summed E-state index contributed by atoms with van der Waals surface area (Å²) >= 11 is 5.96. The molecule has 1 saturated heterocycles. The summed E-state index contributed by atoms with van der Waals surface area (Å²) in [6.07, 6.45) is 2.58. The predicted octanol–water partition coefficient (Wildman–Crippen LogP) is 2.20. The number of hydrogen-bond donors (Lipinski definition) is 3. The minimum Gasteiger partial charge on any atom is -0.355 e. The van der Waals surface area contributed by atoms with Crippen LogP contribution in [0, 0.1) is 0 Å². The van der Waals surface area contributed by atoms with Crippen LogP contribution in [-0.2, 0) is 4.79 Å². The molecule has 1 aromatic carbocycles. The highest BCUT2D eigenvalue weighted by Gasteiger charge is 2.18. The molecule has 0 aromatic heterocycles. The molecule has 21 heavy (non-hydrogen) atoms. The lowest BCUT2D eigenvalue weighted by molar-refractivity contribution is -0.116. The quantitative estimate of drug-likeness (QED) is 0.792. The van der Waals surface area contributed by atoms with E-state index in [-0.39, 0.29) is 30.3 Å². The van der Waals surface area contributed by atoms with E-state index in [1.54, 1.807) is 18.2 Å². The Morgan fingerprint density at radius 1 is 1.43 bits per heavy atom. The molecule has 0 bridgehead atoms. The Kier molecular flexibility index (Phi) is 6.95. The van der Waals surface area contributed by atoms with Crippen LogP contribution in [0.1, 0.15) is 29.6 Å². The van der Waals surface area contributed by atoms with Crippen molar-refractivity contribution in [3.05, 3.63) is 28.8 Å². The Hall–Kier alpha value is -1.30. The lowest BCUT2D eigenvalue weighted by Crippen LogP contribution is -2.27. The molecule has 1 aromatic rings. The predicted molar refractivity (Wildman–Crippen MR) is 86.4 cm³/mol. The maximum absolute atomic E-state index is 11.9. The molecule has 1 aliphatic rings. The van der Waals surface area contributed by atoms with Gasteiger partial charge in [-0.25, -0.2) is 0 Å². The molecule has 0 aliphatic carbocycles. The Bertz CT molecular complexity index is 517. The number of rotatable bonds is 4.